The molecule has 2 aliphatic heterocycles. The Kier molecular flexibility index (Phi) is 3.34. The van der Waals surface area contributed by atoms with Crippen LogP contribution in [-0.2, 0) is 4.79 Å². The van der Waals surface area contributed by atoms with Gasteiger partial charge in [-0.1, -0.05) is 6.42 Å². The van der Waals surface area contributed by atoms with Gasteiger partial charge in [0.2, 0.25) is 5.91 Å². The second-order valence-corrected chi connectivity index (χ2v) is 4.11. The lowest BCUT2D eigenvalue weighted by atomic mass is 10.0. The van der Waals surface area contributed by atoms with Gasteiger partial charge in [0.05, 0.1) is 0 Å². The fourth-order valence-electron chi connectivity index (χ4n) is 1.86. The van der Waals surface area contributed by atoms with E-state index in [9.17, 15) is 9.59 Å². The Morgan fingerprint density at radius 2 is 1.56 bits per heavy atom. The molecule has 16 heavy (non-hydrogen) atoms. The van der Waals surface area contributed by atoms with Crippen molar-refractivity contribution in [2.45, 2.75) is 32.1 Å². The quantitative estimate of drug-likeness (QED) is 0.726. The third-order valence-corrected chi connectivity index (χ3v) is 2.80. The molecule has 3 nitrogen and oxygen atoms in total. The first-order valence-electron chi connectivity index (χ1n) is 5.69. The molecule has 3 heteroatoms. The Bertz CT molecular complexity index is 395. The lowest BCUT2D eigenvalue weighted by molar-refractivity contribution is -0.116. The van der Waals surface area contributed by atoms with Gasteiger partial charge in [0.25, 0.3) is 0 Å². The lowest BCUT2D eigenvalue weighted by Crippen LogP contribution is -2.12. The van der Waals surface area contributed by atoms with Crippen LogP contribution < -0.4 is 5.32 Å². The molecule has 0 spiro atoms. The zero-order chi connectivity index (χ0) is 11.4. The molecule has 3 rings (SSSR count). The van der Waals surface area contributed by atoms with Gasteiger partial charge < -0.3 is 5.32 Å². The number of nitrogens with one attached hydrogen (secondary N) is 1. The van der Waals surface area contributed by atoms with E-state index < -0.39 is 0 Å². The van der Waals surface area contributed by atoms with Gasteiger partial charge in [-0.2, -0.15) is 0 Å². The predicted molar refractivity (Wildman–Crippen MR) is 62.5 cm³/mol. The second kappa shape index (κ2) is 4.92. The van der Waals surface area contributed by atoms with E-state index in [1.807, 2.05) is 0 Å². The minimum Gasteiger partial charge on any atom is -0.326 e. The number of carbonyl (C=O) groups excluding carboxylic acids is 2. The highest BCUT2D eigenvalue weighted by Gasteiger charge is 2.09. The minimum atomic E-state index is 0.0552. The summed E-state index contributed by atoms with van der Waals surface area (Å²) >= 11 is 0. The van der Waals surface area contributed by atoms with Crippen molar-refractivity contribution in [3.8, 4) is 0 Å². The molecule has 0 unspecified atom stereocenters. The molecule has 2 heterocycles. The molecule has 0 fully saturated rings. The van der Waals surface area contributed by atoms with Gasteiger partial charge in [-0.3, -0.25) is 9.59 Å². The molecule has 84 valence electrons. The number of hydrogen-bond donors (Lipinski definition) is 1. The van der Waals surface area contributed by atoms with Crippen LogP contribution in [0.3, 0.4) is 0 Å². The standard InChI is InChI=1S/C13H15NO2/c15-12-4-2-1-3-5-13(16)14-11-8-6-10(12)7-9-11/h6-9H,1-5H2,(H,14,16). The van der Waals surface area contributed by atoms with E-state index in [1.54, 1.807) is 24.3 Å². The van der Waals surface area contributed by atoms with Crippen LogP contribution in [0, 0.1) is 0 Å². The van der Waals surface area contributed by atoms with Gasteiger partial charge >= 0.3 is 0 Å². The monoisotopic (exact) mass is 217 g/mol. The Morgan fingerprint density at radius 3 is 2.31 bits per heavy atom. The first-order chi connectivity index (χ1) is 7.75. The summed E-state index contributed by atoms with van der Waals surface area (Å²) in [7, 11) is 0. The van der Waals surface area contributed by atoms with Crippen LogP contribution in [0.5, 0.6) is 0 Å². The van der Waals surface area contributed by atoms with E-state index in [0.29, 0.717) is 12.8 Å². The molecule has 0 saturated heterocycles. The molecule has 2 aliphatic rings. The van der Waals surface area contributed by atoms with Gasteiger partial charge in [0.1, 0.15) is 0 Å². The Balaban J connectivity index is 2.21. The Hall–Kier alpha value is -1.64. The third-order valence-electron chi connectivity index (χ3n) is 2.80. The van der Waals surface area contributed by atoms with Crippen molar-refractivity contribution < 1.29 is 9.59 Å². The van der Waals surface area contributed by atoms with Crippen molar-refractivity contribution in [1.82, 2.24) is 0 Å². The van der Waals surface area contributed by atoms with Crippen LogP contribution in [-0.4, -0.2) is 11.7 Å². The van der Waals surface area contributed by atoms with Gasteiger partial charge in [0.15, 0.2) is 5.78 Å². The number of amides is 1. The highest BCUT2D eigenvalue weighted by Crippen LogP contribution is 2.15. The highest BCUT2D eigenvalue weighted by atomic mass is 16.1. The molecule has 0 aliphatic carbocycles. The SMILES string of the molecule is O=C1CCCCCC(=O)c2ccc(cc2)N1. The summed E-state index contributed by atoms with van der Waals surface area (Å²) in [5.74, 6) is 0.248. The summed E-state index contributed by atoms with van der Waals surface area (Å²) in [6.45, 7) is 0. The van der Waals surface area contributed by atoms with E-state index in [0.717, 1.165) is 30.5 Å². The number of anilines is 1. The lowest BCUT2D eigenvalue weighted by Gasteiger charge is -2.08. The molecule has 1 aromatic carbocycles. The summed E-state index contributed by atoms with van der Waals surface area (Å²) in [5.41, 5.74) is 1.50. The first kappa shape index (κ1) is 10.9. The Labute approximate surface area is 94.9 Å². The normalized spacial score (nSPS) is 17.5. The summed E-state index contributed by atoms with van der Waals surface area (Å²) in [6.07, 6.45) is 3.79. The van der Waals surface area contributed by atoms with E-state index in [4.69, 9.17) is 0 Å². The van der Waals surface area contributed by atoms with E-state index in [1.165, 1.54) is 0 Å². The number of ketones is 1. The van der Waals surface area contributed by atoms with Crippen LogP contribution >= 0.6 is 0 Å². The van der Waals surface area contributed by atoms with Crippen LogP contribution in [0.4, 0.5) is 5.69 Å². The number of hydrogen-bond acceptors (Lipinski definition) is 2. The van der Waals surface area contributed by atoms with Crippen LogP contribution in [0.25, 0.3) is 0 Å². The van der Waals surface area contributed by atoms with Crippen molar-refractivity contribution in [3.63, 3.8) is 0 Å². The summed E-state index contributed by atoms with van der Waals surface area (Å²) in [5, 5.41) is 2.82. The summed E-state index contributed by atoms with van der Waals surface area (Å²) in [4.78, 5) is 23.2. The number of benzene rings is 1. The average molecular weight is 217 g/mol. The average Bonchev–Trinajstić information content (AvgIpc) is 2.27. The van der Waals surface area contributed by atoms with Gasteiger partial charge in [-0.15, -0.1) is 0 Å². The summed E-state index contributed by atoms with van der Waals surface area (Å²) < 4.78 is 0. The number of rotatable bonds is 0. The van der Waals surface area contributed by atoms with Gasteiger partial charge in [-0.05, 0) is 37.1 Å². The smallest absolute Gasteiger partial charge is 0.224 e. The van der Waals surface area contributed by atoms with Crippen molar-refractivity contribution in [1.29, 1.82) is 0 Å². The van der Waals surface area contributed by atoms with Gasteiger partial charge in [-0.25, -0.2) is 0 Å². The van der Waals surface area contributed by atoms with Crippen LogP contribution in [0.2, 0.25) is 0 Å². The van der Waals surface area contributed by atoms with Crippen LogP contribution in [0.1, 0.15) is 42.5 Å². The van der Waals surface area contributed by atoms with E-state index in [-0.39, 0.29) is 11.7 Å². The van der Waals surface area contributed by atoms with Crippen LogP contribution in [0.15, 0.2) is 24.3 Å². The zero-order valence-corrected chi connectivity index (χ0v) is 9.16. The molecular weight excluding hydrogens is 202 g/mol. The fraction of sp³-hybridized carbons (Fsp3) is 0.385. The summed E-state index contributed by atoms with van der Waals surface area (Å²) in [6, 6.07) is 7.12. The van der Waals surface area contributed by atoms with Gasteiger partial charge in [0, 0.05) is 24.1 Å². The van der Waals surface area contributed by atoms with Crippen molar-refractivity contribution in [3.05, 3.63) is 29.8 Å². The zero-order valence-electron chi connectivity index (χ0n) is 9.16. The van der Waals surface area contributed by atoms with E-state index >= 15 is 0 Å². The highest BCUT2D eigenvalue weighted by molar-refractivity contribution is 5.97. The van der Waals surface area contributed by atoms with Crippen molar-refractivity contribution in [2.75, 3.05) is 5.32 Å². The topological polar surface area (TPSA) is 46.2 Å². The molecule has 1 N–H and O–H groups in total. The molecule has 0 radical (unpaired) electrons. The largest absolute Gasteiger partial charge is 0.326 e. The third kappa shape index (κ3) is 2.69. The molecular formula is C13H15NO2. The molecule has 1 amide bonds. The number of Topliss-reactive ketones (excluding diaryl/α,β-unsaturated/α-hetero) is 1. The molecule has 0 atom stereocenters. The maximum absolute atomic E-state index is 11.7. The molecule has 0 saturated carbocycles. The maximum atomic E-state index is 11.7. The number of carbonyl (C=O) groups is 2. The Morgan fingerprint density at radius 1 is 0.875 bits per heavy atom. The first-order valence-corrected chi connectivity index (χ1v) is 5.69. The molecule has 1 aromatic rings. The van der Waals surface area contributed by atoms with Crippen molar-refractivity contribution >= 4 is 17.4 Å². The minimum absolute atomic E-state index is 0.0552. The molecule has 2 bridgehead atoms. The van der Waals surface area contributed by atoms with Crippen molar-refractivity contribution in [2.24, 2.45) is 0 Å². The fourth-order valence-corrected chi connectivity index (χ4v) is 1.86. The predicted octanol–water partition coefficient (Wildman–Crippen LogP) is 2.77. The number of fused-ring (bicyclic) bond motifs is 9. The van der Waals surface area contributed by atoms with E-state index in [2.05, 4.69) is 5.32 Å². The maximum Gasteiger partial charge on any atom is 0.224 e. The molecule has 0 aromatic heterocycles. The second-order valence-electron chi connectivity index (χ2n) is 4.11.